The van der Waals surface area contributed by atoms with Crippen molar-refractivity contribution >= 4 is 5.91 Å². The highest BCUT2D eigenvalue weighted by atomic mass is 19.1. The van der Waals surface area contributed by atoms with E-state index in [2.05, 4.69) is 16.9 Å². The van der Waals surface area contributed by atoms with E-state index >= 15 is 0 Å². The number of aromatic nitrogens is 1. The summed E-state index contributed by atoms with van der Waals surface area (Å²) in [6.07, 6.45) is 1.46. The molecule has 1 rings (SSSR count). The lowest BCUT2D eigenvalue weighted by Crippen LogP contribution is -2.23. The van der Waals surface area contributed by atoms with Gasteiger partial charge in [0.05, 0.1) is 0 Å². The molecule has 0 saturated carbocycles. The van der Waals surface area contributed by atoms with E-state index in [1.54, 1.807) is 0 Å². The third-order valence-electron chi connectivity index (χ3n) is 1.43. The van der Waals surface area contributed by atoms with Crippen LogP contribution in [0.5, 0.6) is 0 Å². The fourth-order valence-corrected chi connectivity index (χ4v) is 0.863. The van der Waals surface area contributed by atoms with Gasteiger partial charge in [-0.25, -0.2) is 0 Å². The predicted octanol–water partition coefficient (Wildman–Crippen LogP) is 1.28. The van der Waals surface area contributed by atoms with Crippen LogP contribution in [0.3, 0.4) is 0 Å². The normalized spacial score (nSPS) is 9.57. The molecule has 0 fully saturated rings. The maximum Gasteiger partial charge on any atom is 0.251 e. The van der Waals surface area contributed by atoms with E-state index in [4.69, 9.17) is 0 Å². The molecule has 0 aliphatic rings. The van der Waals surface area contributed by atoms with Crippen molar-refractivity contribution in [3.63, 3.8) is 0 Å². The van der Waals surface area contributed by atoms with Crippen molar-refractivity contribution in [1.82, 2.24) is 10.3 Å². The third-order valence-corrected chi connectivity index (χ3v) is 1.43. The molecular formula is C9H8F2N2O. The summed E-state index contributed by atoms with van der Waals surface area (Å²) in [6.45, 7) is 3.63. The molecule has 3 nitrogen and oxygen atoms in total. The second-order valence-corrected chi connectivity index (χ2v) is 2.50. The first kappa shape index (κ1) is 10.3. The minimum absolute atomic E-state index is 0.100. The average molecular weight is 198 g/mol. The SMILES string of the molecule is C=CCNC(=O)c1cc(F)nc(F)c1. The molecule has 1 aromatic heterocycles. The van der Waals surface area contributed by atoms with E-state index in [1.165, 1.54) is 6.08 Å². The molecule has 5 heteroatoms. The van der Waals surface area contributed by atoms with Crippen LogP contribution in [-0.4, -0.2) is 17.4 Å². The van der Waals surface area contributed by atoms with Crippen LogP contribution in [0.1, 0.15) is 10.4 Å². The summed E-state index contributed by atoms with van der Waals surface area (Å²) in [7, 11) is 0. The van der Waals surface area contributed by atoms with Gasteiger partial charge in [-0.15, -0.1) is 6.58 Å². The number of hydrogen-bond donors (Lipinski definition) is 1. The van der Waals surface area contributed by atoms with E-state index in [-0.39, 0.29) is 12.1 Å². The molecule has 0 bridgehead atoms. The fraction of sp³-hybridized carbons (Fsp3) is 0.111. The van der Waals surface area contributed by atoms with E-state index in [9.17, 15) is 13.6 Å². The van der Waals surface area contributed by atoms with E-state index in [1.807, 2.05) is 0 Å². The number of carbonyl (C=O) groups excluding carboxylic acids is 1. The minimum atomic E-state index is -1.02. The summed E-state index contributed by atoms with van der Waals surface area (Å²) in [5.41, 5.74) is -0.100. The molecule has 0 unspecified atom stereocenters. The number of rotatable bonds is 3. The number of pyridine rings is 1. The quantitative estimate of drug-likeness (QED) is 0.587. The lowest BCUT2D eigenvalue weighted by atomic mass is 10.2. The van der Waals surface area contributed by atoms with Crippen molar-refractivity contribution < 1.29 is 13.6 Å². The van der Waals surface area contributed by atoms with Gasteiger partial charge in [0, 0.05) is 24.2 Å². The Bertz CT molecular complexity index is 346. The van der Waals surface area contributed by atoms with Crippen LogP contribution in [-0.2, 0) is 0 Å². The summed E-state index contributed by atoms with van der Waals surface area (Å²) < 4.78 is 25.1. The zero-order chi connectivity index (χ0) is 10.6. The van der Waals surface area contributed by atoms with Crippen LogP contribution in [0, 0.1) is 11.9 Å². The van der Waals surface area contributed by atoms with Crippen molar-refractivity contribution in [2.45, 2.75) is 0 Å². The second kappa shape index (κ2) is 4.45. The molecule has 1 aromatic rings. The molecule has 74 valence electrons. The van der Waals surface area contributed by atoms with Gasteiger partial charge in [0.15, 0.2) is 0 Å². The first-order chi connectivity index (χ1) is 6.63. The topological polar surface area (TPSA) is 42.0 Å². The number of halogens is 2. The first-order valence-corrected chi connectivity index (χ1v) is 3.85. The first-order valence-electron chi connectivity index (χ1n) is 3.85. The van der Waals surface area contributed by atoms with Gasteiger partial charge >= 0.3 is 0 Å². The lowest BCUT2D eigenvalue weighted by Gasteiger charge is -2.01. The van der Waals surface area contributed by atoms with Gasteiger partial charge in [-0.3, -0.25) is 4.79 Å². The minimum Gasteiger partial charge on any atom is -0.349 e. The van der Waals surface area contributed by atoms with E-state index in [0.717, 1.165) is 12.1 Å². The molecule has 0 radical (unpaired) electrons. The molecule has 0 aliphatic heterocycles. The molecule has 0 atom stereocenters. The van der Waals surface area contributed by atoms with Crippen molar-refractivity contribution in [2.75, 3.05) is 6.54 Å². The summed E-state index contributed by atoms with van der Waals surface area (Å²) in [5.74, 6) is -2.60. The summed E-state index contributed by atoms with van der Waals surface area (Å²) in [6, 6.07) is 1.73. The maximum absolute atomic E-state index is 12.6. The Morgan fingerprint density at radius 1 is 1.50 bits per heavy atom. The van der Waals surface area contributed by atoms with Crippen molar-refractivity contribution in [3.05, 3.63) is 42.2 Å². The van der Waals surface area contributed by atoms with E-state index in [0.29, 0.717) is 0 Å². The zero-order valence-electron chi connectivity index (χ0n) is 7.26. The van der Waals surface area contributed by atoms with Crippen LogP contribution in [0.2, 0.25) is 0 Å². The number of carbonyl (C=O) groups is 1. The highest BCUT2D eigenvalue weighted by molar-refractivity contribution is 5.94. The zero-order valence-corrected chi connectivity index (χ0v) is 7.26. The van der Waals surface area contributed by atoms with Crippen LogP contribution < -0.4 is 5.32 Å². The second-order valence-electron chi connectivity index (χ2n) is 2.50. The third kappa shape index (κ3) is 2.62. The molecular weight excluding hydrogens is 190 g/mol. The highest BCUT2D eigenvalue weighted by Gasteiger charge is 2.08. The van der Waals surface area contributed by atoms with Gasteiger partial charge in [-0.2, -0.15) is 13.8 Å². The largest absolute Gasteiger partial charge is 0.349 e. The van der Waals surface area contributed by atoms with E-state index < -0.39 is 17.8 Å². The summed E-state index contributed by atoms with van der Waals surface area (Å²) >= 11 is 0. The van der Waals surface area contributed by atoms with Gasteiger partial charge in [0.1, 0.15) is 0 Å². The number of hydrogen-bond acceptors (Lipinski definition) is 2. The van der Waals surface area contributed by atoms with Gasteiger partial charge in [-0.05, 0) is 0 Å². The molecule has 0 aliphatic carbocycles. The van der Waals surface area contributed by atoms with Gasteiger partial charge < -0.3 is 5.32 Å². The Kier molecular flexibility index (Phi) is 3.28. The molecule has 0 spiro atoms. The smallest absolute Gasteiger partial charge is 0.251 e. The number of nitrogens with one attached hydrogen (secondary N) is 1. The molecule has 0 aromatic carbocycles. The summed E-state index contributed by atoms with van der Waals surface area (Å²) in [4.78, 5) is 14.1. The Morgan fingerprint density at radius 2 is 2.07 bits per heavy atom. The Morgan fingerprint density at radius 3 is 2.57 bits per heavy atom. The van der Waals surface area contributed by atoms with Crippen LogP contribution in [0.15, 0.2) is 24.8 Å². The average Bonchev–Trinajstić information content (AvgIpc) is 2.12. The van der Waals surface area contributed by atoms with Gasteiger partial charge in [-0.1, -0.05) is 6.08 Å². The van der Waals surface area contributed by atoms with Crippen molar-refractivity contribution in [2.24, 2.45) is 0 Å². The molecule has 1 heterocycles. The maximum atomic E-state index is 12.6. The Hall–Kier alpha value is -1.78. The Balaban J connectivity index is 2.84. The monoisotopic (exact) mass is 198 g/mol. The van der Waals surface area contributed by atoms with Crippen LogP contribution in [0.4, 0.5) is 8.78 Å². The Labute approximate surface area is 79.5 Å². The molecule has 1 amide bonds. The van der Waals surface area contributed by atoms with Gasteiger partial charge in [0.25, 0.3) is 5.91 Å². The number of nitrogens with zero attached hydrogens (tertiary/aromatic N) is 1. The standard InChI is InChI=1S/C9H8F2N2O/c1-2-3-12-9(14)6-4-7(10)13-8(11)5-6/h2,4-5H,1,3H2,(H,12,14). The van der Waals surface area contributed by atoms with Crippen LogP contribution >= 0.6 is 0 Å². The van der Waals surface area contributed by atoms with Crippen molar-refractivity contribution in [1.29, 1.82) is 0 Å². The molecule has 0 saturated heterocycles. The molecule has 1 N–H and O–H groups in total. The van der Waals surface area contributed by atoms with Crippen molar-refractivity contribution in [3.8, 4) is 0 Å². The van der Waals surface area contributed by atoms with Gasteiger partial charge in [0.2, 0.25) is 11.9 Å². The summed E-state index contributed by atoms with van der Waals surface area (Å²) in [5, 5.41) is 2.38. The predicted molar refractivity (Wildman–Crippen MR) is 46.7 cm³/mol. The fourth-order valence-electron chi connectivity index (χ4n) is 0.863. The molecule has 14 heavy (non-hydrogen) atoms. The lowest BCUT2D eigenvalue weighted by molar-refractivity contribution is 0.0956. The highest BCUT2D eigenvalue weighted by Crippen LogP contribution is 2.03. The number of amides is 1. The van der Waals surface area contributed by atoms with Crippen LogP contribution in [0.25, 0.3) is 0 Å².